The summed E-state index contributed by atoms with van der Waals surface area (Å²) in [6, 6.07) is 8.14. The maximum atomic E-state index is 5.86. The van der Waals surface area contributed by atoms with Crippen molar-refractivity contribution in [2.24, 2.45) is 0 Å². The minimum Gasteiger partial charge on any atom is -0.382 e. The highest BCUT2D eigenvalue weighted by Crippen LogP contribution is 2.19. The van der Waals surface area contributed by atoms with E-state index in [0.29, 0.717) is 39.6 Å². The van der Waals surface area contributed by atoms with Crippen molar-refractivity contribution in [1.82, 2.24) is 0 Å². The normalized spacial score (nSPS) is 15.2. The number of benzene rings is 1. The number of hydrogen-bond acceptors (Lipinski definition) is 6. The summed E-state index contributed by atoms with van der Waals surface area (Å²) in [4.78, 5) is 0. The Labute approximate surface area is 194 Å². The van der Waals surface area contributed by atoms with E-state index >= 15 is 0 Å². The average molecular weight is 451 g/mol. The predicted octanol–water partition coefficient (Wildman–Crippen LogP) is 4.63. The molecule has 0 aliphatic carbocycles. The van der Waals surface area contributed by atoms with E-state index in [1.54, 1.807) is 14.2 Å². The molecule has 0 heterocycles. The second-order valence-corrected chi connectivity index (χ2v) is 8.23. The van der Waals surface area contributed by atoms with Crippen LogP contribution in [0.25, 0.3) is 11.1 Å². The summed E-state index contributed by atoms with van der Waals surface area (Å²) in [5.41, 5.74) is 3.92. The molecule has 1 aromatic carbocycles. The molecule has 0 saturated heterocycles. The smallest absolute Gasteiger partial charge is 0.0785 e. The molecule has 0 amide bonds. The lowest BCUT2D eigenvalue weighted by molar-refractivity contribution is -0.0443. The number of ether oxygens (including phenoxy) is 6. The van der Waals surface area contributed by atoms with Crippen LogP contribution in [0.1, 0.15) is 38.8 Å². The highest BCUT2D eigenvalue weighted by molar-refractivity contribution is 5.69. The maximum Gasteiger partial charge on any atom is 0.0785 e. The summed E-state index contributed by atoms with van der Waals surface area (Å²) in [6.07, 6.45) is 0.0543. The van der Waals surface area contributed by atoms with Gasteiger partial charge >= 0.3 is 0 Å². The van der Waals surface area contributed by atoms with E-state index in [-0.39, 0.29) is 24.4 Å². The van der Waals surface area contributed by atoms with Gasteiger partial charge in [0.05, 0.1) is 64.1 Å². The Balaban J connectivity index is 2.38. The molecule has 0 spiro atoms. The second kappa shape index (κ2) is 16.1. The third-order valence-electron chi connectivity index (χ3n) is 4.82. The Morgan fingerprint density at radius 2 is 0.906 bits per heavy atom. The molecule has 0 aromatic heterocycles. The minimum atomic E-state index is -0.0225. The van der Waals surface area contributed by atoms with Crippen LogP contribution < -0.4 is 0 Å². The van der Waals surface area contributed by atoms with E-state index in [1.165, 1.54) is 0 Å². The van der Waals surface area contributed by atoms with Crippen molar-refractivity contribution in [1.29, 1.82) is 0 Å². The van der Waals surface area contributed by atoms with E-state index in [2.05, 4.69) is 13.2 Å². The SMILES string of the molecule is C=C(COC(C)COC(C)COC)c1ccc(C(=C)COC(C)COC(C)COC)cc1. The third-order valence-corrected chi connectivity index (χ3v) is 4.82. The van der Waals surface area contributed by atoms with Crippen LogP contribution in [0.2, 0.25) is 0 Å². The molecule has 0 aliphatic heterocycles. The summed E-state index contributed by atoms with van der Waals surface area (Å²) < 4.78 is 33.2. The Kier molecular flexibility index (Phi) is 14.4. The molecule has 1 aromatic rings. The molecule has 0 fully saturated rings. The molecule has 0 saturated carbocycles. The minimum absolute atomic E-state index is 0.0225. The number of rotatable bonds is 18. The van der Waals surface area contributed by atoms with E-state index in [9.17, 15) is 0 Å². The van der Waals surface area contributed by atoms with Crippen molar-refractivity contribution in [3.8, 4) is 0 Å². The molecule has 6 heteroatoms. The maximum absolute atomic E-state index is 5.86. The van der Waals surface area contributed by atoms with Crippen LogP contribution >= 0.6 is 0 Å². The lowest BCUT2D eigenvalue weighted by Crippen LogP contribution is -2.23. The molecule has 0 radical (unpaired) electrons. The monoisotopic (exact) mass is 450 g/mol. The van der Waals surface area contributed by atoms with Gasteiger partial charge in [0.1, 0.15) is 0 Å². The fourth-order valence-electron chi connectivity index (χ4n) is 2.86. The lowest BCUT2D eigenvalue weighted by atomic mass is 10.0. The number of hydrogen-bond donors (Lipinski definition) is 0. The van der Waals surface area contributed by atoms with Gasteiger partial charge in [-0.1, -0.05) is 37.4 Å². The van der Waals surface area contributed by atoms with Gasteiger partial charge in [-0.3, -0.25) is 0 Å². The fraction of sp³-hybridized carbons (Fsp3) is 0.615. The molecule has 0 bridgehead atoms. The Morgan fingerprint density at radius 3 is 1.22 bits per heavy atom. The van der Waals surface area contributed by atoms with Crippen molar-refractivity contribution in [2.75, 3.05) is 53.9 Å². The van der Waals surface area contributed by atoms with Gasteiger partial charge in [0.25, 0.3) is 0 Å². The van der Waals surface area contributed by atoms with Crippen molar-refractivity contribution in [3.63, 3.8) is 0 Å². The van der Waals surface area contributed by atoms with E-state index in [4.69, 9.17) is 28.4 Å². The average Bonchev–Trinajstić information content (AvgIpc) is 2.78. The van der Waals surface area contributed by atoms with Crippen LogP contribution in [0.3, 0.4) is 0 Å². The zero-order valence-corrected chi connectivity index (χ0v) is 20.7. The Hall–Kier alpha value is -1.54. The summed E-state index contributed by atoms with van der Waals surface area (Å²) in [5, 5.41) is 0. The van der Waals surface area contributed by atoms with E-state index in [1.807, 2.05) is 52.0 Å². The molecule has 182 valence electrons. The first kappa shape index (κ1) is 28.5. The zero-order valence-electron chi connectivity index (χ0n) is 20.7. The van der Waals surface area contributed by atoms with Gasteiger partial charge in [0.2, 0.25) is 0 Å². The lowest BCUT2D eigenvalue weighted by Gasteiger charge is -2.18. The van der Waals surface area contributed by atoms with Crippen LogP contribution in [0, 0.1) is 0 Å². The quantitative estimate of drug-likeness (QED) is 0.325. The topological polar surface area (TPSA) is 55.4 Å². The molecule has 32 heavy (non-hydrogen) atoms. The van der Waals surface area contributed by atoms with E-state index in [0.717, 1.165) is 22.3 Å². The number of methoxy groups -OCH3 is 2. The highest BCUT2D eigenvalue weighted by atomic mass is 16.6. The Morgan fingerprint density at radius 1 is 0.594 bits per heavy atom. The van der Waals surface area contributed by atoms with Gasteiger partial charge in [-0.15, -0.1) is 0 Å². The predicted molar refractivity (Wildman–Crippen MR) is 130 cm³/mol. The molecule has 4 atom stereocenters. The molecular formula is C26H42O6. The largest absolute Gasteiger partial charge is 0.382 e. The molecule has 0 N–H and O–H groups in total. The van der Waals surface area contributed by atoms with Crippen LogP contribution in [-0.2, 0) is 28.4 Å². The van der Waals surface area contributed by atoms with Crippen molar-refractivity contribution >= 4 is 11.1 Å². The third kappa shape index (κ3) is 11.9. The summed E-state index contributed by atoms with van der Waals surface area (Å²) in [5.74, 6) is 0. The van der Waals surface area contributed by atoms with Crippen molar-refractivity contribution in [3.05, 3.63) is 48.6 Å². The highest BCUT2D eigenvalue weighted by Gasteiger charge is 2.10. The van der Waals surface area contributed by atoms with Crippen LogP contribution in [0.15, 0.2) is 37.4 Å². The van der Waals surface area contributed by atoms with Gasteiger partial charge in [-0.25, -0.2) is 0 Å². The van der Waals surface area contributed by atoms with Gasteiger partial charge in [-0.2, -0.15) is 0 Å². The van der Waals surface area contributed by atoms with Gasteiger partial charge in [-0.05, 0) is 50.0 Å². The standard InChI is InChI=1S/C26H42O6/c1-19(13-29-23(5)17-31-21(3)15-27-7)25-9-11-26(12-10-25)20(2)14-30-24(6)18-32-22(4)16-28-8/h9-12,21-24H,1-2,13-18H2,3-8H3. The summed E-state index contributed by atoms with van der Waals surface area (Å²) >= 11 is 0. The molecule has 0 aliphatic rings. The first-order valence-corrected chi connectivity index (χ1v) is 11.2. The molecule has 4 unspecified atom stereocenters. The molecule has 6 nitrogen and oxygen atoms in total. The van der Waals surface area contributed by atoms with E-state index < -0.39 is 0 Å². The molecule has 1 rings (SSSR count). The Bertz CT molecular complexity index is 600. The summed E-state index contributed by atoms with van der Waals surface area (Å²) in [6.45, 7) is 19.3. The first-order chi connectivity index (χ1) is 15.3. The van der Waals surface area contributed by atoms with Crippen LogP contribution in [0.4, 0.5) is 0 Å². The summed E-state index contributed by atoms with van der Waals surface area (Å²) in [7, 11) is 3.33. The van der Waals surface area contributed by atoms with Crippen LogP contribution in [-0.4, -0.2) is 78.3 Å². The first-order valence-electron chi connectivity index (χ1n) is 11.2. The van der Waals surface area contributed by atoms with Crippen molar-refractivity contribution in [2.45, 2.75) is 52.1 Å². The molecular weight excluding hydrogens is 408 g/mol. The fourth-order valence-corrected chi connectivity index (χ4v) is 2.86. The zero-order chi connectivity index (χ0) is 23.9. The van der Waals surface area contributed by atoms with Gasteiger partial charge < -0.3 is 28.4 Å². The van der Waals surface area contributed by atoms with Gasteiger partial charge in [0.15, 0.2) is 0 Å². The second-order valence-electron chi connectivity index (χ2n) is 8.23. The van der Waals surface area contributed by atoms with Crippen LogP contribution in [0.5, 0.6) is 0 Å². The van der Waals surface area contributed by atoms with Gasteiger partial charge in [0, 0.05) is 14.2 Å². The van der Waals surface area contributed by atoms with Crippen molar-refractivity contribution < 1.29 is 28.4 Å².